The van der Waals surface area contributed by atoms with E-state index in [4.69, 9.17) is 0 Å². The third kappa shape index (κ3) is 2.72. The fraction of sp³-hybridized carbons (Fsp3) is 0.538. The van der Waals surface area contributed by atoms with Gasteiger partial charge in [0.1, 0.15) is 11.5 Å². The highest BCUT2D eigenvalue weighted by Crippen LogP contribution is 2.37. The predicted molar refractivity (Wildman–Crippen MR) is 67.0 cm³/mol. The molecule has 0 aliphatic heterocycles. The van der Waals surface area contributed by atoms with Crippen molar-refractivity contribution in [3.8, 4) is 0 Å². The van der Waals surface area contributed by atoms with Gasteiger partial charge in [-0.3, -0.25) is 20.4 Å². The zero-order chi connectivity index (χ0) is 13.2. The summed E-state index contributed by atoms with van der Waals surface area (Å²) < 4.78 is 0. The van der Waals surface area contributed by atoms with Crippen LogP contribution in [-0.2, 0) is 4.79 Å². The highest BCUT2D eigenvalue weighted by atomic mass is 16.2. The highest BCUT2D eigenvalue weighted by molar-refractivity contribution is 5.93. The SMILES string of the molecule is O=C(NNC(=O)C1CCC1)c1ccnc(C2CC2)n1. The number of rotatable bonds is 3. The molecule has 6 heteroatoms. The maximum Gasteiger partial charge on any atom is 0.288 e. The van der Waals surface area contributed by atoms with Crippen LogP contribution in [0.25, 0.3) is 0 Å². The van der Waals surface area contributed by atoms with Gasteiger partial charge in [0.05, 0.1) is 0 Å². The van der Waals surface area contributed by atoms with Gasteiger partial charge in [-0.1, -0.05) is 6.42 Å². The van der Waals surface area contributed by atoms with E-state index in [0.29, 0.717) is 11.6 Å². The van der Waals surface area contributed by atoms with Crippen molar-refractivity contribution < 1.29 is 9.59 Å². The maximum absolute atomic E-state index is 11.9. The molecule has 0 bridgehead atoms. The van der Waals surface area contributed by atoms with Crippen LogP contribution in [0.2, 0.25) is 0 Å². The van der Waals surface area contributed by atoms with Crippen LogP contribution in [0.15, 0.2) is 12.3 Å². The Bertz CT molecular complexity index is 509. The Balaban J connectivity index is 1.57. The van der Waals surface area contributed by atoms with Gasteiger partial charge in [0.15, 0.2) is 0 Å². The molecule has 6 nitrogen and oxygen atoms in total. The number of carbonyl (C=O) groups excluding carboxylic acids is 2. The molecule has 2 fully saturated rings. The van der Waals surface area contributed by atoms with Gasteiger partial charge in [-0.05, 0) is 31.7 Å². The molecule has 2 amide bonds. The van der Waals surface area contributed by atoms with E-state index in [1.165, 1.54) is 0 Å². The molecule has 0 atom stereocenters. The van der Waals surface area contributed by atoms with Gasteiger partial charge in [-0.25, -0.2) is 9.97 Å². The predicted octanol–water partition coefficient (Wildman–Crippen LogP) is 0.915. The van der Waals surface area contributed by atoms with Crippen LogP contribution in [0.4, 0.5) is 0 Å². The lowest BCUT2D eigenvalue weighted by molar-refractivity contribution is -0.128. The van der Waals surface area contributed by atoms with E-state index in [1.54, 1.807) is 12.3 Å². The normalized spacial score (nSPS) is 18.5. The zero-order valence-corrected chi connectivity index (χ0v) is 10.6. The summed E-state index contributed by atoms with van der Waals surface area (Å²) in [5.74, 6) is 0.663. The van der Waals surface area contributed by atoms with Crippen LogP contribution < -0.4 is 10.9 Å². The van der Waals surface area contributed by atoms with Gasteiger partial charge in [0.2, 0.25) is 5.91 Å². The van der Waals surface area contributed by atoms with Crippen molar-refractivity contribution in [3.63, 3.8) is 0 Å². The van der Waals surface area contributed by atoms with E-state index >= 15 is 0 Å². The summed E-state index contributed by atoms with van der Waals surface area (Å²) in [6, 6.07) is 1.55. The first-order chi connectivity index (χ1) is 9.24. The van der Waals surface area contributed by atoms with Crippen LogP contribution in [0.5, 0.6) is 0 Å². The highest BCUT2D eigenvalue weighted by Gasteiger charge is 2.28. The second-order valence-corrected chi connectivity index (χ2v) is 5.15. The minimum absolute atomic E-state index is 0.0488. The molecule has 2 aliphatic carbocycles. The summed E-state index contributed by atoms with van der Waals surface area (Å²) >= 11 is 0. The maximum atomic E-state index is 11.9. The van der Waals surface area contributed by atoms with Crippen molar-refractivity contribution in [1.29, 1.82) is 0 Å². The molecular weight excluding hydrogens is 244 g/mol. The molecule has 1 aromatic rings. The smallest absolute Gasteiger partial charge is 0.273 e. The fourth-order valence-electron chi connectivity index (χ4n) is 1.99. The average Bonchev–Trinajstić information content (AvgIpc) is 3.18. The van der Waals surface area contributed by atoms with E-state index in [2.05, 4.69) is 20.8 Å². The zero-order valence-electron chi connectivity index (χ0n) is 10.6. The van der Waals surface area contributed by atoms with Crippen LogP contribution in [0, 0.1) is 5.92 Å². The van der Waals surface area contributed by atoms with Gasteiger partial charge in [-0.2, -0.15) is 0 Å². The van der Waals surface area contributed by atoms with Gasteiger partial charge >= 0.3 is 0 Å². The first-order valence-electron chi connectivity index (χ1n) is 6.67. The Kier molecular flexibility index (Phi) is 3.15. The second-order valence-electron chi connectivity index (χ2n) is 5.15. The first-order valence-corrected chi connectivity index (χ1v) is 6.67. The van der Waals surface area contributed by atoms with Crippen LogP contribution >= 0.6 is 0 Å². The molecule has 2 N–H and O–H groups in total. The van der Waals surface area contributed by atoms with Gasteiger partial charge in [0.25, 0.3) is 5.91 Å². The van der Waals surface area contributed by atoms with Crippen molar-refractivity contribution in [2.24, 2.45) is 5.92 Å². The lowest BCUT2D eigenvalue weighted by Gasteiger charge is -2.23. The minimum atomic E-state index is -0.392. The van der Waals surface area contributed by atoms with Crippen LogP contribution in [-0.4, -0.2) is 21.8 Å². The number of hydrogen-bond donors (Lipinski definition) is 2. The molecule has 1 aromatic heterocycles. The lowest BCUT2D eigenvalue weighted by Crippen LogP contribution is -2.46. The molecule has 2 saturated carbocycles. The summed E-state index contributed by atoms with van der Waals surface area (Å²) in [6.45, 7) is 0. The molecule has 3 rings (SSSR count). The van der Waals surface area contributed by atoms with E-state index in [-0.39, 0.29) is 11.8 Å². The molecule has 0 radical (unpaired) electrons. The summed E-state index contributed by atoms with van der Waals surface area (Å²) in [5.41, 5.74) is 5.15. The minimum Gasteiger partial charge on any atom is -0.273 e. The summed E-state index contributed by atoms with van der Waals surface area (Å²) in [6.07, 6.45) is 6.65. The summed E-state index contributed by atoms with van der Waals surface area (Å²) in [7, 11) is 0. The molecule has 2 aliphatic rings. The topological polar surface area (TPSA) is 84.0 Å². The summed E-state index contributed by atoms with van der Waals surface area (Å²) in [4.78, 5) is 31.8. The second kappa shape index (κ2) is 4.95. The Morgan fingerprint density at radius 3 is 2.58 bits per heavy atom. The van der Waals surface area contributed by atoms with Gasteiger partial charge < -0.3 is 0 Å². The Hall–Kier alpha value is -1.98. The molecule has 19 heavy (non-hydrogen) atoms. The number of nitrogens with one attached hydrogen (secondary N) is 2. The average molecular weight is 260 g/mol. The molecule has 0 saturated heterocycles. The number of amides is 2. The van der Waals surface area contributed by atoms with E-state index < -0.39 is 5.91 Å². The monoisotopic (exact) mass is 260 g/mol. The van der Waals surface area contributed by atoms with Crippen molar-refractivity contribution in [1.82, 2.24) is 20.8 Å². The largest absolute Gasteiger partial charge is 0.288 e. The van der Waals surface area contributed by atoms with Crippen LogP contribution in [0.3, 0.4) is 0 Å². The Morgan fingerprint density at radius 1 is 1.16 bits per heavy atom. The van der Waals surface area contributed by atoms with Crippen molar-refractivity contribution >= 4 is 11.8 Å². The fourth-order valence-corrected chi connectivity index (χ4v) is 1.99. The van der Waals surface area contributed by atoms with Crippen molar-refractivity contribution in [3.05, 3.63) is 23.8 Å². The van der Waals surface area contributed by atoms with E-state index in [9.17, 15) is 9.59 Å². The van der Waals surface area contributed by atoms with Crippen molar-refractivity contribution in [2.45, 2.75) is 38.0 Å². The van der Waals surface area contributed by atoms with Crippen LogP contribution in [0.1, 0.15) is 54.3 Å². The molecule has 100 valence electrons. The number of hydrazine groups is 1. The first kappa shape index (κ1) is 12.1. The van der Waals surface area contributed by atoms with Gasteiger partial charge in [0, 0.05) is 18.0 Å². The third-order valence-corrected chi connectivity index (χ3v) is 3.62. The van der Waals surface area contributed by atoms with E-state index in [1.807, 2.05) is 0 Å². The van der Waals surface area contributed by atoms with E-state index in [0.717, 1.165) is 37.9 Å². The number of carbonyl (C=O) groups is 2. The quantitative estimate of drug-likeness (QED) is 0.791. The third-order valence-electron chi connectivity index (χ3n) is 3.62. The summed E-state index contributed by atoms with van der Waals surface area (Å²) in [5, 5.41) is 0. The number of nitrogens with zero attached hydrogens (tertiary/aromatic N) is 2. The molecule has 1 heterocycles. The number of aromatic nitrogens is 2. The Labute approximate surface area is 111 Å². The lowest BCUT2D eigenvalue weighted by atomic mass is 9.85. The number of hydrogen-bond acceptors (Lipinski definition) is 4. The molecule has 0 unspecified atom stereocenters. The molecular formula is C13H16N4O2. The van der Waals surface area contributed by atoms with Gasteiger partial charge in [-0.15, -0.1) is 0 Å². The molecule has 0 spiro atoms. The molecule has 0 aromatic carbocycles. The standard InChI is InChI=1S/C13H16N4O2/c18-12(9-2-1-3-9)16-17-13(19)10-6-7-14-11(15-10)8-4-5-8/h6-9H,1-5H2,(H,16,18)(H,17,19). The Morgan fingerprint density at radius 2 is 1.95 bits per heavy atom. The van der Waals surface area contributed by atoms with Crippen molar-refractivity contribution in [2.75, 3.05) is 0 Å².